The van der Waals surface area contributed by atoms with Gasteiger partial charge in [-0.15, -0.1) is 0 Å². The highest BCUT2D eigenvalue weighted by Crippen LogP contribution is 2.44. The van der Waals surface area contributed by atoms with Crippen LogP contribution in [0.25, 0.3) is 11.1 Å². The van der Waals surface area contributed by atoms with E-state index in [9.17, 15) is 19.2 Å². The Balaban J connectivity index is 1.24. The zero-order valence-corrected chi connectivity index (χ0v) is 26.5. The quantitative estimate of drug-likeness (QED) is 0.306. The van der Waals surface area contributed by atoms with Crippen molar-refractivity contribution in [1.82, 2.24) is 20.9 Å². The largest absolute Gasteiger partial charge is 0.449 e. The fourth-order valence-corrected chi connectivity index (χ4v) is 5.81. The molecule has 4 amide bonds. The van der Waals surface area contributed by atoms with Crippen molar-refractivity contribution in [2.75, 3.05) is 19.7 Å². The highest BCUT2D eigenvalue weighted by Gasteiger charge is 2.38. The van der Waals surface area contributed by atoms with Crippen molar-refractivity contribution in [3.05, 3.63) is 59.7 Å². The number of benzene rings is 2. The number of nitrogens with one attached hydrogen (secondary N) is 3. The van der Waals surface area contributed by atoms with Gasteiger partial charge in [-0.1, -0.05) is 48.5 Å². The van der Waals surface area contributed by atoms with E-state index in [1.807, 2.05) is 38.1 Å². The highest BCUT2D eigenvalue weighted by molar-refractivity contribution is 5.91. The first-order valence-electron chi connectivity index (χ1n) is 15.6. The Kier molecular flexibility index (Phi) is 10.9. The zero-order chi connectivity index (χ0) is 31.9. The van der Waals surface area contributed by atoms with Gasteiger partial charge in [-0.05, 0) is 89.0 Å². The molecule has 1 aliphatic carbocycles. The van der Waals surface area contributed by atoms with Gasteiger partial charge in [-0.3, -0.25) is 14.5 Å². The Hall–Kier alpha value is -4.08. The maximum absolute atomic E-state index is 13.2. The van der Waals surface area contributed by atoms with E-state index in [-0.39, 0.29) is 30.4 Å². The third-order valence-corrected chi connectivity index (χ3v) is 7.78. The molecule has 3 N–H and O–H groups in total. The van der Waals surface area contributed by atoms with Gasteiger partial charge in [0.05, 0.1) is 0 Å². The summed E-state index contributed by atoms with van der Waals surface area (Å²) < 4.78 is 11.1. The van der Waals surface area contributed by atoms with E-state index in [0.717, 1.165) is 11.1 Å². The third kappa shape index (κ3) is 8.51. The summed E-state index contributed by atoms with van der Waals surface area (Å²) in [4.78, 5) is 52.8. The molecule has 10 nitrogen and oxygen atoms in total. The summed E-state index contributed by atoms with van der Waals surface area (Å²) >= 11 is 0. The van der Waals surface area contributed by atoms with Gasteiger partial charge in [0.25, 0.3) is 0 Å². The molecule has 0 aromatic heterocycles. The Labute approximate surface area is 260 Å². The van der Waals surface area contributed by atoms with Crippen molar-refractivity contribution in [3.8, 4) is 11.1 Å². The summed E-state index contributed by atoms with van der Waals surface area (Å²) in [5, 5.41) is 8.54. The third-order valence-electron chi connectivity index (χ3n) is 7.78. The van der Waals surface area contributed by atoms with Crippen LogP contribution in [0.5, 0.6) is 0 Å². The summed E-state index contributed by atoms with van der Waals surface area (Å²) in [6, 6.07) is 14.8. The van der Waals surface area contributed by atoms with Gasteiger partial charge in [0.1, 0.15) is 24.3 Å². The van der Waals surface area contributed by atoms with Crippen molar-refractivity contribution in [1.29, 1.82) is 0 Å². The van der Waals surface area contributed by atoms with Crippen LogP contribution in [-0.2, 0) is 19.1 Å². The molecule has 2 atom stereocenters. The first kappa shape index (κ1) is 32.8. The van der Waals surface area contributed by atoms with Crippen molar-refractivity contribution in [2.45, 2.75) is 96.4 Å². The molecule has 2 aromatic rings. The molecule has 44 heavy (non-hydrogen) atoms. The number of hydrogen-bond acceptors (Lipinski definition) is 6. The van der Waals surface area contributed by atoms with Crippen molar-refractivity contribution in [2.24, 2.45) is 0 Å². The predicted octanol–water partition coefficient (Wildman–Crippen LogP) is 5.10. The molecule has 1 aliphatic heterocycles. The van der Waals surface area contributed by atoms with E-state index >= 15 is 0 Å². The Morgan fingerprint density at radius 2 is 1.57 bits per heavy atom. The molecule has 2 aromatic carbocycles. The molecule has 1 heterocycles. The van der Waals surface area contributed by atoms with Crippen LogP contribution in [0.4, 0.5) is 9.59 Å². The monoisotopic (exact) mass is 606 g/mol. The topological polar surface area (TPSA) is 126 Å². The first-order valence-corrected chi connectivity index (χ1v) is 15.6. The molecular weight excluding hydrogens is 560 g/mol. The first-order chi connectivity index (χ1) is 20.9. The molecule has 1 fully saturated rings. The fraction of sp³-hybridized carbons (Fsp3) is 0.529. The molecule has 0 spiro atoms. The summed E-state index contributed by atoms with van der Waals surface area (Å²) in [7, 11) is 0. The lowest BCUT2D eigenvalue weighted by atomic mass is 9.98. The smallest absolute Gasteiger partial charge is 0.410 e. The minimum absolute atomic E-state index is 0.0110. The number of fused-ring (bicyclic) bond motifs is 3. The summed E-state index contributed by atoms with van der Waals surface area (Å²) in [5.74, 6) is -0.656. The molecular formula is C34H46N4O6. The minimum atomic E-state index is -0.763. The maximum atomic E-state index is 13.2. The Morgan fingerprint density at radius 3 is 2.18 bits per heavy atom. The van der Waals surface area contributed by atoms with Gasteiger partial charge < -0.3 is 25.4 Å². The lowest BCUT2D eigenvalue weighted by Gasteiger charge is -2.29. The SMILES string of the molecule is CC(C)NC(=O)C(CCCCNC(=O)OCC1c2ccccc2-c2ccccc21)NC(=O)[C@@H]1CCCN1C(=O)OC(C)(C)C. The van der Waals surface area contributed by atoms with Crippen LogP contribution in [0.15, 0.2) is 48.5 Å². The number of alkyl carbamates (subject to hydrolysis) is 1. The maximum Gasteiger partial charge on any atom is 0.410 e. The van der Waals surface area contributed by atoms with Crippen LogP contribution < -0.4 is 16.0 Å². The van der Waals surface area contributed by atoms with Crippen LogP contribution in [0, 0.1) is 0 Å². The molecule has 1 unspecified atom stereocenters. The molecule has 0 radical (unpaired) electrons. The molecule has 4 rings (SSSR count). The molecule has 0 bridgehead atoms. The number of rotatable bonds is 11. The van der Waals surface area contributed by atoms with Crippen molar-refractivity contribution in [3.63, 3.8) is 0 Å². The summed E-state index contributed by atoms with van der Waals surface area (Å²) in [6.45, 7) is 10.1. The Morgan fingerprint density at radius 1 is 0.932 bits per heavy atom. The van der Waals surface area contributed by atoms with Gasteiger partial charge >= 0.3 is 12.2 Å². The number of nitrogens with zero attached hydrogens (tertiary/aromatic N) is 1. The van der Waals surface area contributed by atoms with E-state index in [2.05, 4.69) is 40.2 Å². The number of likely N-dealkylation sites (tertiary alicyclic amines) is 1. The van der Waals surface area contributed by atoms with E-state index < -0.39 is 29.9 Å². The normalized spacial score (nSPS) is 16.6. The van der Waals surface area contributed by atoms with Gasteiger partial charge in [-0.25, -0.2) is 9.59 Å². The molecule has 0 saturated carbocycles. The van der Waals surface area contributed by atoms with Crippen LogP contribution in [0.3, 0.4) is 0 Å². The number of carbonyl (C=O) groups excluding carboxylic acids is 4. The van der Waals surface area contributed by atoms with Crippen molar-refractivity contribution < 1.29 is 28.7 Å². The number of unbranched alkanes of at least 4 members (excludes halogenated alkanes) is 1. The highest BCUT2D eigenvalue weighted by atomic mass is 16.6. The summed E-state index contributed by atoms with van der Waals surface area (Å²) in [6.07, 6.45) is 1.74. The summed E-state index contributed by atoms with van der Waals surface area (Å²) in [5.41, 5.74) is 3.98. The molecule has 2 aliphatic rings. The van der Waals surface area contributed by atoms with E-state index in [0.29, 0.717) is 45.2 Å². The second-order valence-electron chi connectivity index (χ2n) is 12.8. The van der Waals surface area contributed by atoms with Crippen molar-refractivity contribution >= 4 is 24.0 Å². The van der Waals surface area contributed by atoms with E-state index in [1.54, 1.807) is 20.8 Å². The average molecular weight is 607 g/mol. The number of carbonyl (C=O) groups is 4. The van der Waals surface area contributed by atoms with Crippen LogP contribution >= 0.6 is 0 Å². The molecule has 238 valence electrons. The van der Waals surface area contributed by atoms with Gasteiger partial charge in [0, 0.05) is 25.0 Å². The van der Waals surface area contributed by atoms with Crippen LogP contribution in [0.2, 0.25) is 0 Å². The van der Waals surface area contributed by atoms with E-state index in [1.165, 1.54) is 16.0 Å². The average Bonchev–Trinajstić information content (AvgIpc) is 3.58. The number of hydrogen-bond donors (Lipinski definition) is 3. The molecule has 10 heteroatoms. The number of amides is 4. The second kappa shape index (κ2) is 14.6. The zero-order valence-electron chi connectivity index (χ0n) is 26.5. The lowest BCUT2D eigenvalue weighted by Crippen LogP contribution is -2.54. The van der Waals surface area contributed by atoms with Gasteiger partial charge in [-0.2, -0.15) is 0 Å². The second-order valence-corrected chi connectivity index (χ2v) is 12.8. The van der Waals surface area contributed by atoms with Crippen LogP contribution in [-0.4, -0.2) is 72.3 Å². The molecule has 1 saturated heterocycles. The predicted molar refractivity (Wildman–Crippen MR) is 168 cm³/mol. The fourth-order valence-electron chi connectivity index (χ4n) is 5.81. The lowest BCUT2D eigenvalue weighted by molar-refractivity contribution is -0.131. The van der Waals surface area contributed by atoms with Gasteiger partial charge in [0.15, 0.2) is 0 Å². The Bertz CT molecular complexity index is 1290. The van der Waals surface area contributed by atoms with E-state index in [4.69, 9.17) is 9.47 Å². The van der Waals surface area contributed by atoms with Crippen LogP contribution in [0.1, 0.15) is 83.8 Å². The standard InChI is InChI=1S/C34H46N4O6/c1-22(2)36-30(39)28(37-31(40)29-18-12-20-38(29)33(42)44-34(3,4)5)17-10-11-19-35-32(41)43-21-27-25-15-8-6-13-23(25)24-14-7-9-16-26(24)27/h6-9,13-16,22,27-29H,10-12,17-21H2,1-5H3,(H,35,41)(H,36,39)(H,37,40)/t28?,29-/m0/s1. The van der Waals surface area contributed by atoms with Gasteiger partial charge in [0.2, 0.25) is 11.8 Å². The number of ether oxygens (including phenoxy) is 2. The minimum Gasteiger partial charge on any atom is -0.449 e.